The highest BCUT2D eigenvalue weighted by Gasteiger charge is 2.39. The number of nitrogens with zero attached hydrogens (tertiary/aromatic N) is 8. The van der Waals surface area contributed by atoms with Crippen molar-refractivity contribution in [1.29, 1.82) is 10.5 Å². The van der Waals surface area contributed by atoms with Crippen LogP contribution in [0.2, 0.25) is 20.1 Å². The molecule has 12 aromatic rings. The van der Waals surface area contributed by atoms with E-state index in [0.717, 1.165) is 162 Å². The molecule has 0 saturated heterocycles. The fourth-order valence-corrected chi connectivity index (χ4v) is 30.5. The smallest absolute Gasteiger partial charge is 0.270 e. The molecule has 704 valence electrons. The van der Waals surface area contributed by atoms with Gasteiger partial charge in [-0.2, -0.15) is 8.75 Å². The number of aryl methyl sites for hydroxylation is 4. The lowest BCUT2D eigenvalue weighted by Crippen LogP contribution is -2.13. The number of carbonyl (C=O) groups is 2. The summed E-state index contributed by atoms with van der Waals surface area (Å²) in [6, 6.07) is 15.8. The van der Waals surface area contributed by atoms with Gasteiger partial charge in [-0.25, -0.2) is 20.2 Å². The summed E-state index contributed by atoms with van der Waals surface area (Å²) in [6.45, 7) is 37.0. The van der Waals surface area contributed by atoms with Crippen molar-refractivity contribution >= 4 is 233 Å². The summed E-state index contributed by atoms with van der Waals surface area (Å²) >= 11 is 39.8. The number of unbranched alkanes of at least 4 members (excludes halogenated alkanes) is 34. The topological polar surface area (TPSA) is 126 Å². The molecule has 9 heterocycles. The van der Waals surface area contributed by atoms with Gasteiger partial charge in [0.1, 0.15) is 11.0 Å². The second kappa shape index (κ2) is 50.2. The highest BCUT2D eigenvalue weighted by Crippen LogP contribution is 2.59. The summed E-state index contributed by atoms with van der Waals surface area (Å²) in [7, 11) is 0. The number of ketones is 2. The minimum Gasteiger partial charge on any atom is -0.337 e. The molecule has 133 heavy (non-hydrogen) atoms. The third kappa shape index (κ3) is 23.0. The quantitative estimate of drug-likeness (QED) is 0.0162. The van der Waals surface area contributed by atoms with Crippen molar-refractivity contribution < 1.29 is 9.59 Å². The number of benzene rings is 3. The molecule has 0 N–H and O–H groups in total. The third-order valence-electron chi connectivity index (χ3n) is 28.3. The number of hydrogen-bond acceptors (Lipinski definition) is 13. The summed E-state index contributed by atoms with van der Waals surface area (Å²) < 4.78 is 24.8. The van der Waals surface area contributed by atoms with Gasteiger partial charge < -0.3 is 9.13 Å². The Morgan fingerprint density at radius 3 is 1.00 bits per heavy atom. The van der Waals surface area contributed by atoms with Crippen molar-refractivity contribution in [2.45, 2.75) is 377 Å². The Balaban J connectivity index is 1.00. The summed E-state index contributed by atoms with van der Waals surface area (Å²) in [5.41, 5.74) is 15.1. The number of fused-ring (bicyclic) bond motifs is 16. The molecule has 14 rings (SSSR count). The first-order chi connectivity index (χ1) is 65.1. The minimum atomic E-state index is -0.259. The Kier molecular flexibility index (Phi) is 38.5. The number of hydrogen-bond donors (Lipinski definition) is 0. The molecule has 2 atom stereocenters. The Hall–Kier alpha value is -6.78. The van der Waals surface area contributed by atoms with Gasteiger partial charge in [-0.3, -0.25) is 9.59 Å². The van der Waals surface area contributed by atoms with Gasteiger partial charge in [0.2, 0.25) is 0 Å². The van der Waals surface area contributed by atoms with Crippen LogP contribution in [-0.2, 0) is 38.8 Å². The van der Waals surface area contributed by atoms with Crippen molar-refractivity contribution in [2.24, 2.45) is 11.8 Å². The fourth-order valence-electron chi connectivity index (χ4n) is 20.7. The first-order valence-electron chi connectivity index (χ1n) is 50.9. The molecular weight excluding hydrogens is 1860 g/mol. The Bertz CT molecular complexity index is 6030. The average molecular weight is 1990 g/mol. The summed E-state index contributed by atoms with van der Waals surface area (Å²) in [6.07, 6.45) is 60.3. The van der Waals surface area contributed by atoms with Crippen molar-refractivity contribution in [3.63, 3.8) is 0 Å². The number of Topliss-reactive ketones (excluding diaryl/α,β-unsaturated/α-hetero) is 2. The van der Waals surface area contributed by atoms with Gasteiger partial charge in [-0.15, -0.1) is 68.0 Å². The van der Waals surface area contributed by atoms with Crippen molar-refractivity contribution in [3.05, 3.63) is 156 Å². The van der Waals surface area contributed by atoms with Crippen LogP contribution in [0.15, 0.2) is 58.9 Å². The number of halogens is 4. The van der Waals surface area contributed by atoms with Crippen LogP contribution in [0.5, 0.6) is 0 Å². The summed E-state index contributed by atoms with van der Waals surface area (Å²) in [5, 5.41) is 24.9. The monoisotopic (exact) mass is 1990 g/mol. The molecule has 0 fully saturated rings. The number of thiophene rings is 6. The second-order valence-electron chi connectivity index (χ2n) is 37.8. The maximum atomic E-state index is 15.1. The zero-order valence-electron chi connectivity index (χ0n) is 79.9. The Morgan fingerprint density at radius 1 is 0.383 bits per heavy atom. The molecule has 0 amide bonds. The zero-order valence-corrected chi connectivity index (χ0v) is 88.6. The molecule has 2 aliphatic carbocycles. The molecule has 9 aromatic heterocycles. The Labute approximate surface area is 839 Å². The Morgan fingerprint density at radius 2 is 0.692 bits per heavy atom. The maximum Gasteiger partial charge on any atom is 0.270 e. The lowest BCUT2D eigenvalue weighted by atomic mass is 9.99. The molecule has 2 unspecified atom stereocenters. The van der Waals surface area contributed by atoms with Gasteiger partial charge in [-0.1, -0.05) is 346 Å². The van der Waals surface area contributed by atoms with E-state index < -0.39 is 0 Å². The largest absolute Gasteiger partial charge is 0.337 e. The molecule has 0 spiro atoms. The summed E-state index contributed by atoms with van der Waals surface area (Å²) in [4.78, 5) is 44.7. The van der Waals surface area contributed by atoms with E-state index in [4.69, 9.17) is 68.3 Å². The van der Waals surface area contributed by atoms with Gasteiger partial charge >= 0.3 is 0 Å². The lowest BCUT2D eigenvalue weighted by molar-refractivity contribution is 0.103. The molecule has 2 aliphatic rings. The van der Waals surface area contributed by atoms with Crippen LogP contribution in [0.3, 0.4) is 0 Å². The molecule has 0 aliphatic heterocycles. The van der Waals surface area contributed by atoms with Gasteiger partial charge in [0, 0.05) is 86.5 Å². The number of allylic oxidation sites excluding steroid dienone is 6. The molecule has 0 radical (unpaired) electrons. The van der Waals surface area contributed by atoms with Crippen LogP contribution in [0.25, 0.3) is 125 Å². The highest BCUT2D eigenvalue weighted by molar-refractivity contribution is 7.37. The predicted octanol–water partition coefficient (Wildman–Crippen LogP) is 40.1. The highest BCUT2D eigenvalue weighted by atomic mass is 35.5. The van der Waals surface area contributed by atoms with E-state index in [1.807, 2.05) is 57.5 Å². The normalized spacial score (nSPS) is 14.8. The van der Waals surface area contributed by atoms with Gasteiger partial charge in [0.25, 0.3) is 11.4 Å². The first-order valence-corrected chi connectivity index (χ1v) is 58.1. The molecule has 10 nitrogen and oxygen atoms in total. The van der Waals surface area contributed by atoms with Gasteiger partial charge in [0.05, 0.1) is 107 Å². The molecular formula is C112H134Cl4N8O2S7. The van der Waals surface area contributed by atoms with E-state index in [1.54, 1.807) is 46.9 Å². The van der Waals surface area contributed by atoms with Crippen LogP contribution >= 0.6 is 126 Å². The molecule has 0 bridgehead atoms. The van der Waals surface area contributed by atoms with Crippen LogP contribution in [0.4, 0.5) is 0 Å². The number of carbonyl (C=O) groups excluding carboxylic acids is 2. The van der Waals surface area contributed by atoms with Crippen LogP contribution < -0.4 is 0 Å². The standard InChI is InChI=1S/C112H134Cl4N8O2S7/c1-11-19-25-29-33-37-41-45-49-55-73-59-91(127-89(73)65-81-93(87(67-117)119-9)77-61-83(113)85(115)63-79(77)103(81)125)105-75(57-51-47-43-39-35-31-27-21-13-3)107-111(129-105)101-109(131-107)95-97-98(122-133-121-97)96-100(99(95)123(101)69-71(17-7)53-23-15-5)124(70-72(18-8)54-24-16-6)102-110(96)132-108-76(58-52-48-44-40-36-32-28-22-14-4)106(130-112(102)108)92-60-74(56-50-46-42-38-34-30-26-20-12-2)90(128-92)66-82-94(88(68-118)120-10)78-62-84(114)86(116)64-80(78)104(82)126/h59-66,71-72H,11-58,69-70H2,1-8H3/b81-65-,82-66-,93-87+,94-88?. The second-order valence-corrected chi connectivity index (χ2v) is 46.2. The molecule has 3 aromatic carbocycles. The SMILES string of the molecule is [C-]#[N+]C(C#N)=C1/C(=C/c2sc(-c3sc4c(sc5c6c7nsnc7c7c8sc9c(CCCCCCCCCCC)c(-c%10cc(CCCCCCCCCCC)c(/C=C%11\C(=O)c%12cc(Cl)c(Cl)cc%12\C%11=C(\C#N)[N+]#[C-])s%10)sc9c8n(CC(CC)CCCC)c7c6n(CC(CC)CCCC)c45)c3CCCCCCCCCCC)cc2CCCCCCCCCCC)C(=O)c2cc(Cl)c(Cl)cc21. The van der Waals surface area contributed by atoms with E-state index in [1.165, 1.54) is 294 Å². The van der Waals surface area contributed by atoms with Crippen LogP contribution in [0.1, 0.15) is 402 Å². The molecule has 0 saturated carbocycles. The number of aromatic nitrogens is 4. The van der Waals surface area contributed by atoms with E-state index in [0.29, 0.717) is 56.4 Å². The van der Waals surface area contributed by atoms with Crippen LogP contribution in [-0.4, -0.2) is 29.4 Å². The van der Waals surface area contributed by atoms with Crippen molar-refractivity contribution in [2.75, 3.05) is 0 Å². The average Bonchev–Trinajstić information content (AvgIpc) is 1.50. The van der Waals surface area contributed by atoms with Crippen molar-refractivity contribution in [1.82, 2.24) is 17.9 Å². The van der Waals surface area contributed by atoms with Gasteiger partial charge in [-0.05, 0) is 158 Å². The van der Waals surface area contributed by atoms with Gasteiger partial charge in [0.15, 0.2) is 11.6 Å². The lowest BCUT2D eigenvalue weighted by Gasteiger charge is -2.20. The van der Waals surface area contributed by atoms with Crippen LogP contribution in [0, 0.1) is 47.6 Å². The number of nitriles is 2. The third-order valence-corrected chi connectivity index (χ3v) is 38.1. The van der Waals surface area contributed by atoms with Crippen molar-refractivity contribution in [3.8, 4) is 31.6 Å². The van der Waals surface area contributed by atoms with E-state index in [9.17, 15) is 10.5 Å². The van der Waals surface area contributed by atoms with E-state index in [-0.39, 0.29) is 43.1 Å². The summed E-state index contributed by atoms with van der Waals surface area (Å²) in [5.74, 6) is 0.282. The first kappa shape index (κ1) is 102. The van der Waals surface area contributed by atoms with E-state index in [2.05, 4.69) is 98.5 Å². The van der Waals surface area contributed by atoms with E-state index >= 15 is 9.59 Å². The predicted molar refractivity (Wildman–Crippen MR) is 583 cm³/mol. The number of rotatable bonds is 56. The fraction of sp³-hybridized carbons (Fsp3) is 0.536. The maximum absolute atomic E-state index is 15.1. The zero-order chi connectivity index (χ0) is 93.6. The molecule has 21 heteroatoms. The minimum absolute atomic E-state index is 0.142.